The Morgan fingerprint density at radius 3 is 2.74 bits per heavy atom. The van der Waals surface area contributed by atoms with Gasteiger partial charge in [-0.15, -0.1) is 5.10 Å². The van der Waals surface area contributed by atoms with Crippen LogP contribution in [0.1, 0.15) is 10.5 Å². The maximum atomic E-state index is 13.1. The number of amides is 2. The summed E-state index contributed by atoms with van der Waals surface area (Å²) in [6, 6.07) is 12.6. The number of carbonyl (C=O) groups is 2. The van der Waals surface area contributed by atoms with Gasteiger partial charge in [0.25, 0.3) is 5.91 Å². The Labute approximate surface area is 185 Å². The van der Waals surface area contributed by atoms with Crippen LogP contribution in [0.3, 0.4) is 0 Å². The molecule has 0 radical (unpaired) electrons. The molecule has 4 rings (SSSR count). The summed E-state index contributed by atoms with van der Waals surface area (Å²) in [7, 11) is 3.25. The summed E-state index contributed by atoms with van der Waals surface area (Å²) in [5.41, 5.74) is 3.09. The van der Waals surface area contributed by atoms with E-state index in [4.69, 9.17) is 4.74 Å². The molecule has 10 nitrogen and oxygen atoms in total. The number of rotatable bonds is 6. The highest BCUT2D eigenvalue weighted by Gasteiger charge is 2.17. The molecular formula is C20H18BrN7O3. The van der Waals surface area contributed by atoms with Crippen molar-refractivity contribution in [2.75, 3.05) is 24.4 Å². The van der Waals surface area contributed by atoms with Crippen molar-refractivity contribution < 1.29 is 14.3 Å². The van der Waals surface area contributed by atoms with Gasteiger partial charge in [0, 0.05) is 35.3 Å². The van der Waals surface area contributed by atoms with Crippen LogP contribution in [-0.2, 0) is 16.6 Å². The lowest BCUT2D eigenvalue weighted by molar-refractivity contribution is -0.119. The number of aromatic nitrogens is 5. The molecule has 2 aromatic carbocycles. The number of aromatic amines is 1. The smallest absolute Gasteiger partial charge is 0.272 e. The zero-order chi connectivity index (χ0) is 22.0. The Balaban J connectivity index is 1.63. The zero-order valence-corrected chi connectivity index (χ0v) is 18.2. The van der Waals surface area contributed by atoms with Crippen LogP contribution in [0.15, 0.2) is 46.9 Å². The molecule has 2 heterocycles. The number of nitrogens with zero attached hydrogens (tertiary/aromatic N) is 4. The van der Waals surface area contributed by atoms with E-state index in [1.54, 1.807) is 29.8 Å². The zero-order valence-electron chi connectivity index (χ0n) is 16.6. The molecule has 2 amide bonds. The van der Waals surface area contributed by atoms with Gasteiger partial charge in [-0.1, -0.05) is 22.0 Å². The SMILES string of the molecule is COCC(=O)Nc1ccc2cc(C(=O)Nc3ccc(Br)cc3-c3nnn[nH]3)n(C)c2c1. The van der Waals surface area contributed by atoms with Crippen LogP contribution in [0, 0.1) is 0 Å². The second kappa shape index (κ2) is 8.66. The first-order valence-electron chi connectivity index (χ1n) is 9.19. The molecule has 0 atom stereocenters. The van der Waals surface area contributed by atoms with E-state index in [0.29, 0.717) is 28.5 Å². The molecule has 0 saturated heterocycles. The molecule has 0 fully saturated rings. The number of methoxy groups -OCH3 is 1. The summed E-state index contributed by atoms with van der Waals surface area (Å²) in [6.45, 7) is -0.0327. The quantitative estimate of drug-likeness (QED) is 0.386. The highest BCUT2D eigenvalue weighted by molar-refractivity contribution is 9.10. The number of fused-ring (bicyclic) bond motifs is 1. The normalized spacial score (nSPS) is 10.9. The average molecular weight is 484 g/mol. The van der Waals surface area contributed by atoms with E-state index >= 15 is 0 Å². The Morgan fingerprint density at radius 2 is 2.00 bits per heavy atom. The molecule has 4 aromatic rings. The molecule has 2 aromatic heterocycles. The van der Waals surface area contributed by atoms with Crippen molar-refractivity contribution in [2.45, 2.75) is 0 Å². The third-order valence-corrected chi connectivity index (χ3v) is 5.16. The lowest BCUT2D eigenvalue weighted by Gasteiger charge is -2.10. The lowest BCUT2D eigenvalue weighted by atomic mass is 10.1. The number of carbonyl (C=O) groups excluding carboxylic acids is 2. The summed E-state index contributed by atoms with van der Waals surface area (Å²) >= 11 is 3.42. The van der Waals surface area contributed by atoms with Gasteiger partial charge in [0.1, 0.15) is 12.3 Å². The van der Waals surface area contributed by atoms with Crippen LogP contribution >= 0.6 is 15.9 Å². The van der Waals surface area contributed by atoms with Gasteiger partial charge >= 0.3 is 0 Å². The fraction of sp³-hybridized carbons (Fsp3) is 0.150. The molecule has 0 aliphatic heterocycles. The predicted octanol–water partition coefficient (Wildman–Crippen LogP) is 2.96. The number of aryl methyl sites for hydroxylation is 1. The van der Waals surface area contributed by atoms with Gasteiger partial charge in [0.05, 0.1) is 11.2 Å². The average Bonchev–Trinajstić information content (AvgIpc) is 3.38. The van der Waals surface area contributed by atoms with Crippen molar-refractivity contribution in [3.63, 3.8) is 0 Å². The fourth-order valence-corrected chi connectivity index (χ4v) is 3.60. The molecule has 3 N–H and O–H groups in total. The van der Waals surface area contributed by atoms with Gasteiger partial charge in [0.2, 0.25) is 5.91 Å². The lowest BCUT2D eigenvalue weighted by Crippen LogP contribution is -2.17. The summed E-state index contributed by atoms with van der Waals surface area (Å²) in [4.78, 5) is 24.8. The van der Waals surface area contributed by atoms with Gasteiger partial charge < -0.3 is 19.9 Å². The van der Waals surface area contributed by atoms with Crippen molar-refractivity contribution >= 4 is 50.0 Å². The molecule has 0 aliphatic rings. The predicted molar refractivity (Wildman–Crippen MR) is 119 cm³/mol. The van der Waals surface area contributed by atoms with Crippen molar-refractivity contribution in [3.05, 3.63) is 52.6 Å². The van der Waals surface area contributed by atoms with E-state index in [0.717, 1.165) is 15.4 Å². The highest BCUT2D eigenvalue weighted by Crippen LogP contribution is 2.29. The number of anilines is 2. The molecule has 31 heavy (non-hydrogen) atoms. The van der Waals surface area contributed by atoms with E-state index in [-0.39, 0.29) is 18.4 Å². The van der Waals surface area contributed by atoms with Crippen LogP contribution in [0.4, 0.5) is 11.4 Å². The van der Waals surface area contributed by atoms with Gasteiger partial charge in [0.15, 0.2) is 5.82 Å². The van der Waals surface area contributed by atoms with Crippen molar-refractivity contribution in [2.24, 2.45) is 7.05 Å². The Kier molecular flexibility index (Phi) is 5.78. The maximum absolute atomic E-state index is 13.1. The maximum Gasteiger partial charge on any atom is 0.272 e. The number of H-pyrrole nitrogens is 1. The molecule has 0 saturated carbocycles. The molecule has 0 spiro atoms. The molecule has 11 heteroatoms. The van der Waals surface area contributed by atoms with E-state index in [1.165, 1.54) is 7.11 Å². The second-order valence-electron chi connectivity index (χ2n) is 6.74. The molecular weight excluding hydrogens is 466 g/mol. The first-order valence-corrected chi connectivity index (χ1v) is 9.99. The number of tetrazole rings is 1. The number of nitrogens with one attached hydrogen (secondary N) is 3. The standard InChI is InChI=1S/C20H18BrN7O3/c1-28-16-9-13(22-18(29)10-31-2)5-3-11(16)7-17(28)20(30)23-15-6-4-12(21)8-14(15)19-24-26-27-25-19/h3-9H,10H2,1-2H3,(H,22,29)(H,23,30)(H,24,25,26,27). The van der Waals surface area contributed by atoms with E-state index in [1.807, 2.05) is 24.3 Å². The van der Waals surface area contributed by atoms with Crippen molar-refractivity contribution in [1.29, 1.82) is 0 Å². The number of benzene rings is 2. The second-order valence-corrected chi connectivity index (χ2v) is 7.65. The van der Waals surface area contributed by atoms with E-state index in [9.17, 15) is 9.59 Å². The van der Waals surface area contributed by atoms with Gasteiger partial charge in [-0.3, -0.25) is 9.59 Å². The van der Waals surface area contributed by atoms with Gasteiger partial charge in [-0.2, -0.15) is 0 Å². The molecule has 0 aliphatic carbocycles. The number of halogens is 1. The highest BCUT2D eigenvalue weighted by atomic mass is 79.9. The minimum atomic E-state index is -0.292. The molecule has 158 valence electrons. The minimum absolute atomic E-state index is 0.0327. The Hall–Kier alpha value is -3.57. The minimum Gasteiger partial charge on any atom is -0.375 e. The van der Waals surface area contributed by atoms with Crippen LogP contribution in [0.25, 0.3) is 22.3 Å². The number of hydrogen-bond acceptors (Lipinski definition) is 6. The molecule has 0 unspecified atom stereocenters. The van der Waals surface area contributed by atoms with Crippen molar-refractivity contribution in [1.82, 2.24) is 25.2 Å². The summed E-state index contributed by atoms with van der Waals surface area (Å²) in [5, 5.41) is 20.4. The number of hydrogen-bond donors (Lipinski definition) is 3. The van der Waals surface area contributed by atoms with Crippen LogP contribution in [0.2, 0.25) is 0 Å². The summed E-state index contributed by atoms with van der Waals surface area (Å²) in [6.07, 6.45) is 0. The summed E-state index contributed by atoms with van der Waals surface area (Å²) < 4.78 is 7.43. The van der Waals surface area contributed by atoms with E-state index in [2.05, 4.69) is 47.2 Å². The first-order chi connectivity index (χ1) is 15.0. The third-order valence-electron chi connectivity index (χ3n) is 4.67. The summed E-state index contributed by atoms with van der Waals surface area (Å²) in [5.74, 6) is -0.108. The third kappa shape index (κ3) is 4.32. The number of ether oxygens (including phenoxy) is 1. The Bertz CT molecular complexity index is 1270. The van der Waals surface area contributed by atoms with Crippen LogP contribution in [0.5, 0.6) is 0 Å². The van der Waals surface area contributed by atoms with Crippen LogP contribution in [-0.4, -0.2) is 50.7 Å². The monoisotopic (exact) mass is 483 g/mol. The van der Waals surface area contributed by atoms with Gasteiger partial charge in [-0.05, 0) is 46.8 Å². The van der Waals surface area contributed by atoms with Crippen molar-refractivity contribution in [3.8, 4) is 11.4 Å². The fourth-order valence-electron chi connectivity index (χ4n) is 3.23. The first kappa shape index (κ1) is 20.7. The topological polar surface area (TPSA) is 127 Å². The van der Waals surface area contributed by atoms with Crippen LogP contribution < -0.4 is 10.6 Å². The van der Waals surface area contributed by atoms with Gasteiger partial charge in [-0.25, -0.2) is 5.10 Å². The van der Waals surface area contributed by atoms with E-state index < -0.39 is 0 Å². The molecule has 0 bridgehead atoms. The Morgan fingerprint density at radius 1 is 1.16 bits per heavy atom. The largest absolute Gasteiger partial charge is 0.375 e.